The third kappa shape index (κ3) is 1.44. The van der Waals surface area contributed by atoms with Crippen LogP contribution in [0.25, 0.3) is 0 Å². The summed E-state index contributed by atoms with van der Waals surface area (Å²) in [6, 6.07) is 4.12. The van der Waals surface area contributed by atoms with Gasteiger partial charge in [-0.25, -0.2) is 0 Å². The lowest BCUT2D eigenvalue weighted by Crippen LogP contribution is -2.21. The van der Waals surface area contributed by atoms with Crippen LogP contribution < -0.4 is 15.2 Å². The highest BCUT2D eigenvalue weighted by molar-refractivity contribution is 5.51. The minimum atomic E-state index is 0.0764. The van der Waals surface area contributed by atoms with Gasteiger partial charge in [-0.1, -0.05) is 6.07 Å². The van der Waals surface area contributed by atoms with Crippen molar-refractivity contribution in [1.29, 1.82) is 0 Å². The summed E-state index contributed by atoms with van der Waals surface area (Å²) >= 11 is 0. The quantitative estimate of drug-likeness (QED) is 0.739. The van der Waals surface area contributed by atoms with Gasteiger partial charge < -0.3 is 15.2 Å². The maximum atomic E-state index is 6.00. The molecule has 2 rings (SSSR count). The van der Waals surface area contributed by atoms with Crippen LogP contribution in [0.5, 0.6) is 11.5 Å². The van der Waals surface area contributed by atoms with E-state index in [0.717, 1.165) is 29.0 Å². The molecular weight excluding hydrogens is 178 g/mol. The fourth-order valence-corrected chi connectivity index (χ4v) is 1.79. The van der Waals surface area contributed by atoms with Crippen LogP contribution in [0, 0.1) is 6.92 Å². The Kier molecular flexibility index (Phi) is 2.33. The number of benzene rings is 1. The first-order valence-electron chi connectivity index (χ1n) is 4.79. The Morgan fingerprint density at radius 1 is 1.50 bits per heavy atom. The number of nitrogens with two attached hydrogens (primary N) is 1. The SMILES string of the molecule is COc1cc(C)cc2c1OCCC2N. The summed E-state index contributed by atoms with van der Waals surface area (Å²) in [5.74, 6) is 1.60. The van der Waals surface area contributed by atoms with E-state index in [9.17, 15) is 0 Å². The molecule has 1 atom stereocenters. The molecule has 2 N–H and O–H groups in total. The van der Waals surface area contributed by atoms with Gasteiger partial charge in [0.2, 0.25) is 0 Å². The van der Waals surface area contributed by atoms with Crippen LogP contribution in [-0.4, -0.2) is 13.7 Å². The van der Waals surface area contributed by atoms with E-state index in [2.05, 4.69) is 6.07 Å². The Bertz CT molecular complexity index is 349. The van der Waals surface area contributed by atoms with Crippen molar-refractivity contribution in [2.75, 3.05) is 13.7 Å². The van der Waals surface area contributed by atoms with Crippen LogP contribution in [0.2, 0.25) is 0 Å². The van der Waals surface area contributed by atoms with Crippen molar-refractivity contribution in [3.05, 3.63) is 23.3 Å². The third-order valence-electron chi connectivity index (χ3n) is 2.52. The number of rotatable bonds is 1. The molecule has 1 aliphatic heterocycles. The second-order valence-electron chi connectivity index (χ2n) is 3.63. The minimum absolute atomic E-state index is 0.0764. The number of methoxy groups -OCH3 is 1. The van der Waals surface area contributed by atoms with Crippen molar-refractivity contribution in [3.63, 3.8) is 0 Å². The molecule has 3 heteroatoms. The molecular formula is C11H15NO2. The lowest BCUT2D eigenvalue weighted by Gasteiger charge is -2.25. The molecule has 1 unspecified atom stereocenters. The van der Waals surface area contributed by atoms with Crippen LogP contribution in [-0.2, 0) is 0 Å². The Morgan fingerprint density at radius 3 is 3.00 bits per heavy atom. The zero-order valence-corrected chi connectivity index (χ0v) is 8.54. The van der Waals surface area contributed by atoms with Gasteiger partial charge in [-0.05, 0) is 18.6 Å². The Balaban J connectivity index is 2.54. The van der Waals surface area contributed by atoms with Gasteiger partial charge >= 0.3 is 0 Å². The maximum Gasteiger partial charge on any atom is 0.165 e. The number of hydrogen-bond donors (Lipinski definition) is 1. The monoisotopic (exact) mass is 193 g/mol. The van der Waals surface area contributed by atoms with Crippen LogP contribution in [0.4, 0.5) is 0 Å². The Labute approximate surface area is 83.8 Å². The molecule has 0 bridgehead atoms. The normalized spacial score (nSPS) is 19.8. The van der Waals surface area contributed by atoms with E-state index >= 15 is 0 Å². The summed E-state index contributed by atoms with van der Waals surface area (Å²) in [7, 11) is 1.65. The van der Waals surface area contributed by atoms with E-state index in [4.69, 9.17) is 15.2 Å². The second-order valence-corrected chi connectivity index (χ2v) is 3.63. The van der Waals surface area contributed by atoms with Crippen molar-refractivity contribution < 1.29 is 9.47 Å². The zero-order valence-electron chi connectivity index (χ0n) is 8.54. The molecule has 1 heterocycles. The minimum Gasteiger partial charge on any atom is -0.493 e. The maximum absolute atomic E-state index is 6.00. The Hall–Kier alpha value is -1.22. The second kappa shape index (κ2) is 3.50. The van der Waals surface area contributed by atoms with Crippen molar-refractivity contribution >= 4 is 0 Å². The smallest absolute Gasteiger partial charge is 0.165 e. The van der Waals surface area contributed by atoms with Gasteiger partial charge in [0.25, 0.3) is 0 Å². The predicted octanol–water partition coefficient (Wildman–Crippen LogP) is 1.79. The number of hydrogen-bond acceptors (Lipinski definition) is 3. The average Bonchev–Trinajstić information content (AvgIpc) is 2.18. The molecule has 1 aliphatic rings. The van der Waals surface area contributed by atoms with Gasteiger partial charge in [-0.3, -0.25) is 0 Å². The van der Waals surface area contributed by atoms with E-state index in [1.54, 1.807) is 7.11 Å². The van der Waals surface area contributed by atoms with E-state index in [-0.39, 0.29) is 6.04 Å². The molecule has 0 radical (unpaired) electrons. The molecule has 1 aromatic rings. The third-order valence-corrected chi connectivity index (χ3v) is 2.52. The number of fused-ring (bicyclic) bond motifs is 1. The zero-order chi connectivity index (χ0) is 10.1. The van der Waals surface area contributed by atoms with Crippen molar-refractivity contribution in [3.8, 4) is 11.5 Å². The van der Waals surface area contributed by atoms with E-state index in [1.165, 1.54) is 0 Å². The molecule has 3 nitrogen and oxygen atoms in total. The molecule has 0 saturated carbocycles. The Morgan fingerprint density at radius 2 is 2.29 bits per heavy atom. The predicted molar refractivity (Wildman–Crippen MR) is 54.8 cm³/mol. The molecule has 1 aromatic carbocycles. The molecule has 0 aliphatic carbocycles. The van der Waals surface area contributed by atoms with Gasteiger partial charge in [-0.2, -0.15) is 0 Å². The molecule has 0 fully saturated rings. The van der Waals surface area contributed by atoms with Gasteiger partial charge in [0.1, 0.15) is 0 Å². The van der Waals surface area contributed by atoms with E-state index < -0.39 is 0 Å². The highest BCUT2D eigenvalue weighted by Gasteiger charge is 2.21. The summed E-state index contributed by atoms with van der Waals surface area (Å²) < 4.78 is 10.8. The standard InChI is InChI=1S/C11H15NO2/c1-7-5-8-9(12)3-4-14-11(8)10(6-7)13-2/h5-6,9H,3-4,12H2,1-2H3. The van der Waals surface area contributed by atoms with Gasteiger partial charge in [0.05, 0.1) is 13.7 Å². The molecule has 0 aromatic heterocycles. The van der Waals surface area contributed by atoms with Crippen molar-refractivity contribution in [2.45, 2.75) is 19.4 Å². The van der Waals surface area contributed by atoms with Crippen LogP contribution in [0.3, 0.4) is 0 Å². The lowest BCUT2D eigenvalue weighted by molar-refractivity contribution is 0.252. The van der Waals surface area contributed by atoms with Crippen molar-refractivity contribution in [1.82, 2.24) is 0 Å². The van der Waals surface area contributed by atoms with E-state index in [0.29, 0.717) is 6.61 Å². The van der Waals surface area contributed by atoms with Crippen LogP contribution >= 0.6 is 0 Å². The van der Waals surface area contributed by atoms with Crippen LogP contribution in [0.1, 0.15) is 23.6 Å². The molecule has 14 heavy (non-hydrogen) atoms. The highest BCUT2D eigenvalue weighted by Crippen LogP contribution is 2.39. The van der Waals surface area contributed by atoms with Crippen molar-refractivity contribution in [2.24, 2.45) is 5.73 Å². The average molecular weight is 193 g/mol. The fourth-order valence-electron chi connectivity index (χ4n) is 1.79. The van der Waals surface area contributed by atoms with Gasteiger partial charge in [-0.15, -0.1) is 0 Å². The summed E-state index contributed by atoms with van der Waals surface area (Å²) in [6.07, 6.45) is 0.875. The summed E-state index contributed by atoms with van der Waals surface area (Å²) in [5.41, 5.74) is 8.22. The summed E-state index contributed by atoms with van der Waals surface area (Å²) in [4.78, 5) is 0. The van der Waals surface area contributed by atoms with Gasteiger partial charge in [0, 0.05) is 18.0 Å². The van der Waals surface area contributed by atoms with Gasteiger partial charge in [0.15, 0.2) is 11.5 Å². The topological polar surface area (TPSA) is 44.5 Å². The fraction of sp³-hybridized carbons (Fsp3) is 0.455. The molecule has 0 amide bonds. The first-order valence-corrected chi connectivity index (χ1v) is 4.79. The first-order chi connectivity index (χ1) is 6.72. The largest absolute Gasteiger partial charge is 0.493 e. The number of aryl methyl sites for hydroxylation is 1. The molecule has 76 valence electrons. The van der Waals surface area contributed by atoms with E-state index in [1.807, 2.05) is 13.0 Å². The summed E-state index contributed by atoms with van der Waals surface area (Å²) in [5, 5.41) is 0. The molecule has 0 spiro atoms. The lowest BCUT2D eigenvalue weighted by atomic mass is 9.99. The van der Waals surface area contributed by atoms with Crippen LogP contribution in [0.15, 0.2) is 12.1 Å². The summed E-state index contributed by atoms with van der Waals surface area (Å²) in [6.45, 7) is 2.71. The highest BCUT2D eigenvalue weighted by atomic mass is 16.5. The first kappa shape index (κ1) is 9.34. The number of ether oxygens (including phenoxy) is 2. The molecule has 0 saturated heterocycles.